The van der Waals surface area contributed by atoms with Crippen LogP contribution in [-0.4, -0.2) is 22.3 Å². The van der Waals surface area contributed by atoms with E-state index in [1.807, 2.05) is 29.6 Å². The summed E-state index contributed by atoms with van der Waals surface area (Å²) in [7, 11) is 0. The van der Waals surface area contributed by atoms with Gasteiger partial charge in [-0.25, -0.2) is 4.98 Å². The molecule has 0 saturated carbocycles. The number of para-hydroxylation sites is 1. The van der Waals surface area contributed by atoms with Crippen LogP contribution in [0.15, 0.2) is 72.1 Å². The monoisotopic (exact) mass is 523 g/mol. The Morgan fingerprint density at radius 3 is 2.62 bits per heavy atom. The molecule has 0 atom stereocenters. The van der Waals surface area contributed by atoms with Crippen molar-refractivity contribution in [1.29, 1.82) is 0 Å². The lowest BCUT2D eigenvalue weighted by atomic mass is 10.0. The zero-order chi connectivity index (χ0) is 22.2. The van der Waals surface area contributed by atoms with Crippen LogP contribution in [0.2, 0.25) is 0 Å². The third-order valence-corrected chi connectivity index (χ3v) is 8.92. The molecule has 0 aliphatic carbocycles. The molecule has 3 aromatic heterocycles. The number of nitrogens with zero attached hydrogens (tertiary/aromatic N) is 2. The van der Waals surface area contributed by atoms with Crippen LogP contribution in [0.25, 0.3) is 20.8 Å². The van der Waals surface area contributed by atoms with Gasteiger partial charge in [0.15, 0.2) is 0 Å². The number of carbonyl (C=O) groups excluding carboxylic acids is 1. The molecule has 8 heteroatoms. The van der Waals surface area contributed by atoms with Gasteiger partial charge < -0.3 is 5.32 Å². The summed E-state index contributed by atoms with van der Waals surface area (Å²) in [6.07, 6.45) is 0.957. The average molecular weight is 524 g/mol. The van der Waals surface area contributed by atoms with E-state index in [0.717, 1.165) is 52.0 Å². The molecule has 0 fully saturated rings. The highest BCUT2D eigenvalue weighted by Gasteiger charge is 2.28. The molecule has 1 amide bonds. The van der Waals surface area contributed by atoms with E-state index in [0.29, 0.717) is 0 Å². The molecule has 34 heavy (non-hydrogen) atoms. The van der Waals surface area contributed by atoms with Crippen LogP contribution in [0.5, 0.6) is 0 Å². The van der Waals surface area contributed by atoms with Crippen LogP contribution >= 0.6 is 46.4 Å². The van der Waals surface area contributed by atoms with Crippen molar-refractivity contribution in [3.8, 4) is 10.6 Å². The first-order valence-corrected chi connectivity index (χ1v) is 13.4. The Labute approximate surface area is 216 Å². The van der Waals surface area contributed by atoms with Crippen LogP contribution in [-0.2, 0) is 19.5 Å². The number of benzene rings is 2. The van der Waals surface area contributed by atoms with Crippen molar-refractivity contribution >= 4 is 67.5 Å². The van der Waals surface area contributed by atoms with E-state index in [1.54, 1.807) is 22.7 Å². The minimum atomic E-state index is -0.0490. The normalized spacial score (nSPS) is 13.4. The fourth-order valence-corrected chi connectivity index (χ4v) is 7.31. The molecule has 6 rings (SSSR count). The molecule has 5 aromatic rings. The number of rotatable bonds is 5. The number of hydrogen-bond donors (Lipinski definition) is 1. The Morgan fingerprint density at radius 1 is 1.00 bits per heavy atom. The van der Waals surface area contributed by atoms with Crippen LogP contribution in [0.3, 0.4) is 0 Å². The lowest BCUT2D eigenvalue weighted by Gasteiger charge is -2.27. The third kappa shape index (κ3) is 4.54. The number of thiazole rings is 1. The number of thiophene rings is 2. The molecule has 2 aromatic carbocycles. The highest BCUT2D eigenvalue weighted by molar-refractivity contribution is 7.23. The van der Waals surface area contributed by atoms with Gasteiger partial charge in [0.05, 0.1) is 15.1 Å². The van der Waals surface area contributed by atoms with E-state index in [2.05, 4.69) is 52.7 Å². The fraction of sp³-hybridized carbons (Fsp3) is 0.154. The van der Waals surface area contributed by atoms with E-state index >= 15 is 0 Å². The number of carbonyl (C=O) groups is 1. The molecular weight excluding hydrogens is 502 g/mol. The van der Waals surface area contributed by atoms with Crippen LogP contribution < -0.4 is 5.32 Å². The Bertz CT molecular complexity index is 1390. The summed E-state index contributed by atoms with van der Waals surface area (Å²) >= 11 is 4.87. The molecule has 4 heterocycles. The molecule has 1 aliphatic heterocycles. The number of aromatic nitrogens is 1. The van der Waals surface area contributed by atoms with Crippen molar-refractivity contribution in [1.82, 2.24) is 9.88 Å². The average Bonchev–Trinajstić information content (AvgIpc) is 3.57. The third-order valence-electron chi connectivity index (χ3n) is 5.86. The summed E-state index contributed by atoms with van der Waals surface area (Å²) in [5, 5.41) is 7.06. The second kappa shape index (κ2) is 9.98. The van der Waals surface area contributed by atoms with Gasteiger partial charge in [-0.3, -0.25) is 9.69 Å². The van der Waals surface area contributed by atoms with Crippen molar-refractivity contribution in [2.45, 2.75) is 19.5 Å². The van der Waals surface area contributed by atoms with E-state index in [9.17, 15) is 4.79 Å². The number of anilines is 1. The predicted molar refractivity (Wildman–Crippen MR) is 147 cm³/mol. The number of hydrogen-bond acceptors (Lipinski definition) is 6. The van der Waals surface area contributed by atoms with Gasteiger partial charge in [-0.1, -0.05) is 48.5 Å². The second-order valence-electron chi connectivity index (χ2n) is 8.07. The van der Waals surface area contributed by atoms with Crippen molar-refractivity contribution in [3.05, 3.63) is 93.0 Å². The summed E-state index contributed by atoms with van der Waals surface area (Å²) in [5.41, 5.74) is 4.79. The SMILES string of the molecule is Cl.O=C(Nc1sc2c(c1-c1nc3ccccc3s1)CCN(Cc1ccccc1)C2)c1cccs1. The summed E-state index contributed by atoms with van der Waals surface area (Å²) in [6.45, 7) is 2.82. The summed E-state index contributed by atoms with van der Waals surface area (Å²) < 4.78 is 1.17. The molecule has 0 radical (unpaired) electrons. The maximum atomic E-state index is 12.9. The van der Waals surface area contributed by atoms with Gasteiger partial charge in [0, 0.05) is 30.1 Å². The lowest BCUT2D eigenvalue weighted by Crippen LogP contribution is -2.29. The van der Waals surface area contributed by atoms with Gasteiger partial charge in [0.2, 0.25) is 0 Å². The maximum absolute atomic E-state index is 12.9. The van der Waals surface area contributed by atoms with Crippen molar-refractivity contribution in [2.75, 3.05) is 11.9 Å². The van der Waals surface area contributed by atoms with Crippen LogP contribution in [0, 0.1) is 0 Å². The fourth-order valence-electron chi connectivity index (χ4n) is 4.30. The molecule has 172 valence electrons. The van der Waals surface area contributed by atoms with Gasteiger partial charge in [-0.2, -0.15) is 0 Å². The number of amides is 1. The molecule has 0 saturated heterocycles. The standard InChI is InChI=1S/C26H21N3OS3.ClH/c30-24(21-11-6-14-31-21)28-26-23(25-27-19-9-4-5-10-20(19)32-25)18-12-13-29(16-22(18)33-26)15-17-7-2-1-3-8-17;/h1-11,14H,12-13,15-16H2,(H,28,30);1H. The van der Waals surface area contributed by atoms with E-state index in [1.165, 1.54) is 32.0 Å². The van der Waals surface area contributed by atoms with Gasteiger partial charge >= 0.3 is 0 Å². The number of halogens is 1. The number of fused-ring (bicyclic) bond motifs is 2. The largest absolute Gasteiger partial charge is 0.312 e. The van der Waals surface area contributed by atoms with Gasteiger partial charge in [-0.15, -0.1) is 46.4 Å². The van der Waals surface area contributed by atoms with Crippen LogP contribution in [0.4, 0.5) is 5.00 Å². The zero-order valence-corrected chi connectivity index (χ0v) is 21.5. The lowest BCUT2D eigenvalue weighted by molar-refractivity contribution is 0.103. The Morgan fingerprint density at radius 2 is 1.82 bits per heavy atom. The van der Waals surface area contributed by atoms with E-state index in [4.69, 9.17) is 4.98 Å². The van der Waals surface area contributed by atoms with Crippen LogP contribution in [0.1, 0.15) is 25.7 Å². The maximum Gasteiger partial charge on any atom is 0.266 e. The summed E-state index contributed by atoms with van der Waals surface area (Å²) in [5.74, 6) is -0.0490. The first kappa shape index (κ1) is 23.2. The first-order valence-electron chi connectivity index (χ1n) is 10.9. The summed E-state index contributed by atoms with van der Waals surface area (Å²) in [4.78, 5) is 22.4. The van der Waals surface area contributed by atoms with Gasteiger partial charge in [0.25, 0.3) is 5.91 Å². The molecule has 1 N–H and O–H groups in total. The van der Waals surface area contributed by atoms with Crippen molar-refractivity contribution in [2.24, 2.45) is 0 Å². The van der Waals surface area contributed by atoms with E-state index < -0.39 is 0 Å². The molecule has 1 aliphatic rings. The molecule has 0 spiro atoms. The van der Waals surface area contributed by atoms with Gasteiger partial charge in [-0.05, 0) is 41.1 Å². The second-order valence-corrected chi connectivity index (χ2v) is 11.2. The predicted octanol–water partition coefficient (Wildman–Crippen LogP) is 7.32. The quantitative estimate of drug-likeness (QED) is 0.262. The summed E-state index contributed by atoms with van der Waals surface area (Å²) in [6, 6.07) is 22.6. The highest BCUT2D eigenvalue weighted by Crippen LogP contribution is 2.46. The van der Waals surface area contributed by atoms with Crippen molar-refractivity contribution < 1.29 is 4.79 Å². The molecular formula is C26H22ClN3OS3. The number of nitrogens with one attached hydrogen (secondary N) is 1. The molecule has 0 unspecified atom stereocenters. The Kier molecular flexibility index (Phi) is 6.81. The minimum absolute atomic E-state index is 0. The zero-order valence-electron chi connectivity index (χ0n) is 18.2. The molecule has 0 bridgehead atoms. The Hall–Kier alpha value is -2.55. The van der Waals surface area contributed by atoms with Gasteiger partial charge in [0.1, 0.15) is 10.0 Å². The molecule has 4 nitrogen and oxygen atoms in total. The highest BCUT2D eigenvalue weighted by atomic mass is 35.5. The minimum Gasteiger partial charge on any atom is -0.312 e. The Balaban J connectivity index is 0.00000241. The van der Waals surface area contributed by atoms with Crippen molar-refractivity contribution in [3.63, 3.8) is 0 Å². The topological polar surface area (TPSA) is 45.2 Å². The first-order chi connectivity index (χ1) is 16.2. The van der Waals surface area contributed by atoms with E-state index in [-0.39, 0.29) is 18.3 Å². The smallest absolute Gasteiger partial charge is 0.266 e.